The van der Waals surface area contributed by atoms with Crippen LogP contribution in [-0.2, 0) is 19.1 Å². The fourth-order valence-electron chi connectivity index (χ4n) is 6.37. The molecule has 3 aliphatic rings. The number of aromatic nitrogens is 3. The molecule has 4 N–H and O–H groups in total. The van der Waals surface area contributed by atoms with E-state index in [4.69, 9.17) is 4.74 Å². The summed E-state index contributed by atoms with van der Waals surface area (Å²) >= 11 is 0. The minimum absolute atomic E-state index is 0.00936. The Balaban J connectivity index is 1.50. The van der Waals surface area contributed by atoms with Gasteiger partial charge in [0.05, 0.1) is 6.04 Å². The van der Waals surface area contributed by atoms with Gasteiger partial charge in [0.2, 0.25) is 11.8 Å². The van der Waals surface area contributed by atoms with Gasteiger partial charge in [-0.05, 0) is 53.4 Å². The third-order valence-corrected chi connectivity index (χ3v) is 8.88. The summed E-state index contributed by atoms with van der Waals surface area (Å²) in [6.45, 7) is 7.34. The topological polar surface area (TPSA) is 185 Å². The van der Waals surface area contributed by atoms with E-state index < -0.39 is 59.0 Å². The number of carbonyl (C=O) groups is 5. The van der Waals surface area contributed by atoms with Gasteiger partial charge in [0.15, 0.2) is 5.69 Å². The molecule has 1 saturated heterocycles. The van der Waals surface area contributed by atoms with E-state index in [1.54, 1.807) is 27.7 Å². The van der Waals surface area contributed by atoms with Crippen LogP contribution in [0.1, 0.15) is 89.2 Å². The van der Waals surface area contributed by atoms with Gasteiger partial charge in [0.25, 0.3) is 5.91 Å². The number of carbonyl (C=O) groups excluding carboxylic acids is 4. The molecular formula is C34H45N7O7. The Morgan fingerprint density at radius 1 is 1.10 bits per heavy atom. The molecule has 48 heavy (non-hydrogen) atoms. The third-order valence-electron chi connectivity index (χ3n) is 8.88. The third kappa shape index (κ3) is 7.69. The molecule has 0 bridgehead atoms. The molecule has 0 unspecified atom stereocenters. The van der Waals surface area contributed by atoms with Crippen LogP contribution in [0.2, 0.25) is 0 Å². The van der Waals surface area contributed by atoms with Crippen molar-refractivity contribution in [2.75, 3.05) is 13.1 Å². The maximum absolute atomic E-state index is 14.3. The van der Waals surface area contributed by atoms with Gasteiger partial charge < -0.3 is 30.7 Å². The Labute approximate surface area is 279 Å². The number of hydrogen-bond acceptors (Lipinski definition) is 8. The van der Waals surface area contributed by atoms with Gasteiger partial charge in [-0.15, -0.1) is 5.10 Å². The largest absolute Gasteiger partial charge is 0.479 e. The molecule has 1 aromatic heterocycles. The van der Waals surface area contributed by atoms with Gasteiger partial charge in [-0.1, -0.05) is 55.3 Å². The zero-order valence-electron chi connectivity index (χ0n) is 27.9. The van der Waals surface area contributed by atoms with Crippen LogP contribution in [0.15, 0.2) is 42.5 Å². The highest BCUT2D eigenvalue weighted by molar-refractivity contribution is 5.98. The Hall–Kier alpha value is -4.75. The van der Waals surface area contributed by atoms with E-state index in [-0.39, 0.29) is 31.0 Å². The minimum atomic E-state index is -1.47. The second-order valence-corrected chi connectivity index (χ2v) is 13.7. The SMILES string of the molecule is CCNC(=O)c1nn([C@H]2C[C@H]3C(=O)N[C@@]4(C(=O)O)C[C@H]4C=CCCCCC[C@@H](NC(=O)OC(C)(C)C)C(=O)N3C2)nc1-c1ccccc1. The van der Waals surface area contributed by atoms with Crippen molar-refractivity contribution < 1.29 is 33.8 Å². The molecule has 5 rings (SSSR count). The number of ether oxygens (including phenoxy) is 1. The van der Waals surface area contributed by atoms with E-state index >= 15 is 0 Å². The Morgan fingerprint density at radius 2 is 1.85 bits per heavy atom. The van der Waals surface area contributed by atoms with Gasteiger partial charge in [-0.25, -0.2) is 9.59 Å². The van der Waals surface area contributed by atoms with Crippen LogP contribution in [0, 0.1) is 5.92 Å². The number of nitrogens with zero attached hydrogens (tertiary/aromatic N) is 4. The monoisotopic (exact) mass is 663 g/mol. The normalized spacial score (nSPS) is 26.3. The molecule has 1 saturated carbocycles. The molecule has 3 heterocycles. The van der Waals surface area contributed by atoms with Crippen LogP contribution in [0.25, 0.3) is 11.3 Å². The second kappa shape index (κ2) is 14.2. The van der Waals surface area contributed by atoms with Crippen molar-refractivity contribution in [3.63, 3.8) is 0 Å². The van der Waals surface area contributed by atoms with E-state index in [2.05, 4.69) is 26.1 Å². The molecule has 14 heteroatoms. The molecule has 2 aromatic rings. The summed E-state index contributed by atoms with van der Waals surface area (Å²) in [4.78, 5) is 69.4. The maximum atomic E-state index is 14.3. The standard InChI is InChI=1S/C34H45N7O7/c1-5-35-29(43)27-26(21-14-10-9-11-15-21)38-41(39-27)23-18-25-28(42)37-34(31(45)46)19-22(34)16-12-7-6-8-13-17-24(30(44)40(25)20-23)36-32(47)48-33(2,3)4/h9-12,14-16,22-25H,5-8,13,17-20H2,1-4H3,(H,35,43)(H,36,47)(H,37,42)(H,45,46)/t22-,23+,24-,25+,34+/m1/s1. The first kappa shape index (κ1) is 34.6. The van der Waals surface area contributed by atoms with Gasteiger partial charge in [0.1, 0.15) is 28.9 Å². The van der Waals surface area contributed by atoms with E-state index in [0.29, 0.717) is 30.6 Å². The molecule has 14 nitrogen and oxygen atoms in total. The van der Waals surface area contributed by atoms with Crippen LogP contribution in [0.4, 0.5) is 4.79 Å². The number of allylic oxidation sites excluding steroid dienone is 1. The summed E-state index contributed by atoms with van der Waals surface area (Å²) < 4.78 is 5.46. The lowest BCUT2D eigenvalue weighted by Gasteiger charge is -2.30. The lowest BCUT2D eigenvalue weighted by Crippen LogP contribution is -2.56. The lowest BCUT2D eigenvalue weighted by molar-refractivity contribution is -0.145. The van der Waals surface area contributed by atoms with E-state index in [1.165, 1.54) is 9.70 Å². The predicted molar refractivity (Wildman–Crippen MR) is 175 cm³/mol. The first-order valence-electron chi connectivity index (χ1n) is 16.7. The summed E-state index contributed by atoms with van der Waals surface area (Å²) in [5, 5.41) is 27.6. The van der Waals surface area contributed by atoms with Crippen molar-refractivity contribution in [1.29, 1.82) is 0 Å². The van der Waals surface area contributed by atoms with E-state index in [0.717, 1.165) is 19.3 Å². The van der Waals surface area contributed by atoms with Crippen LogP contribution >= 0.6 is 0 Å². The van der Waals surface area contributed by atoms with Crippen LogP contribution in [0.3, 0.4) is 0 Å². The number of alkyl carbamates (subject to hydrolysis) is 1. The zero-order valence-corrected chi connectivity index (χ0v) is 27.9. The molecule has 2 fully saturated rings. The summed E-state index contributed by atoms with van der Waals surface area (Å²) in [5.41, 5.74) is -1.14. The van der Waals surface area contributed by atoms with Gasteiger partial charge in [-0.2, -0.15) is 9.90 Å². The number of aliphatic carboxylic acids is 1. The van der Waals surface area contributed by atoms with E-state index in [9.17, 15) is 29.1 Å². The Bertz CT molecular complexity index is 1570. The van der Waals surface area contributed by atoms with Gasteiger partial charge >= 0.3 is 12.1 Å². The first-order chi connectivity index (χ1) is 22.8. The van der Waals surface area contributed by atoms with Crippen molar-refractivity contribution in [2.24, 2.45) is 5.92 Å². The summed E-state index contributed by atoms with van der Waals surface area (Å²) in [6.07, 6.45) is 6.63. The molecule has 0 radical (unpaired) electrons. The molecule has 2 aliphatic heterocycles. The average Bonchev–Trinajstić information content (AvgIpc) is 3.35. The maximum Gasteiger partial charge on any atom is 0.408 e. The highest BCUT2D eigenvalue weighted by atomic mass is 16.6. The van der Waals surface area contributed by atoms with Crippen molar-refractivity contribution in [2.45, 2.75) is 102 Å². The number of nitrogens with one attached hydrogen (secondary N) is 3. The number of benzene rings is 1. The van der Waals surface area contributed by atoms with Gasteiger partial charge in [0, 0.05) is 31.0 Å². The quantitative estimate of drug-likeness (QED) is 0.337. The molecule has 5 atom stereocenters. The molecule has 4 amide bonds. The van der Waals surface area contributed by atoms with Gasteiger partial charge in [-0.3, -0.25) is 14.4 Å². The smallest absolute Gasteiger partial charge is 0.408 e. The predicted octanol–water partition coefficient (Wildman–Crippen LogP) is 3.21. The molecule has 258 valence electrons. The fraction of sp³-hybridized carbons (Fsp3) is 0.559. The van der Waals surface area contributed by atoms with Crippen molar-refractivity contribution in [1.82, 2.24) is 35.8 Å². The van der Waals surface area contributed by atoms with Crippen molar-refractivity contribution in [3.8, 4) is 11.3 Å². The number of fused-ring (bicyclic) bond motifs is 2. The molecular weight excluding hydrogens is 618 g/mol. The molecule has 1 aromatic carbocycles. The van der Waals surface area contributed by atoms with Crippen molar-refractivity contribution in [3.05, 3.63) is 48.2 Å². The second-order valence-electron chi connectivity index (χ2n) is 13.7. The number of carboxylic acids is 1. The highest BCUT2D eigenvalue weighted by Gasteiger charge is 2.61. The van der Waals surface area contributed by atoms with Crippen LogP contribution in [-0.4, -0.2) is 91.1 Å². The molecule has 0 spiro atoms. The summed E-state index contributed by atoms with van der Waals surface area (Å²) in [5.74, 6) is -3.03. The van der Waals surface area contributed by atoms with Crippen LogP contribution < -0.4 is 16.0 Å². The van der Waals surface area contributed by atoms with Crippen LogP contribution in [0.5, 0.6) is 0 Å². The number of amides is 4. The van der Waals surface area contributed by atoms with Crippen molar-refractivity contribution >= 4 is 29.8 Å². The summed E-state index contributed by atoms with van der Waals surface area (Å²) in [6, 6.07) is 6.40. The average molecular weight is 664 g/mol. The Kier molecular flexibility index (Phi) is 10.2. The Morgan fingerprint density at radius 3 is 2.54 bits per heavy atom. The number of hydrogen-bond donors (Lipinski definition) is 4. The zero-order chi connectivity index (χ0) is 34.6. The first-order valence-corrected chi connectivity index (χ1v) is 16.7. The fourth-order valence-corrected chi connectivity index (χ4v) is 6.37. The molecule has 1 aliphatic carbocycles. The summed E-state index contributed by atoms with van der Waals surface area (Å²) in [7, 11) is 0. The number of carboxylic acid groups (broad SMARTS) is 1. The minimum Gasteiger partial charge on any atom is -0.479 e. The highest BCUT2D eigenvalue weighted by Crippen LogP contribution is 2.45. The lowest BCUT2D eigenvalue weighted by atomic mass is 10.0. The van der Waals surface area contributed by atoms with E-state index in [1.807, 2.05) is 42.5 Å². The number of rotatable bonds is 6.